The van der Waals surface area contributed by atoms with Crippen LogP contribution >= 0.6 is 0 Å². The van der Waals surface area contributed by atoms with Gasteiger partial charge in [-0.2, -0.15) is 0 Å². The standard InChI is InChI=1S/C11H16N2O2/c1-12-11(13-2)8-3-4-9-10(7-8)15-6-5-14-9/h3-4,7,11-13H,5-6H2,1-2H3. The van der Waals surface area contributed by atoms with Gasteiger partial charge in [-0.3, -0.25) is 0 Å². The Labute approximate surface area is 89.6 Å². The second-order valence-electron chi connectivity index (χ2n) is 3.41. The van der Waals surface area contributed by atoms with Gasteiger partial charge in [-0.1, -0.05) is 6.07 Å². The molecule has 15 heavy (non-hydrogen) atoms. The van der Waals surface area contributed by atoms with E-state index in [2.05, 4.69) is 10.6 Å². The third kappa shape index (κ3) is 2.06. The van der Waals surface area contributed by atoms with Gasteiger partial charge in [-0.05, 0) is 31.8 Å². The van der Waals surface area contributed by atoms with Crippen LogP contribution in [-0.4, -0.2) is 27.3 Å². The number of fused-ring (bicyclic) bond motifs is 1. The minimum Gasteiger partial charge on any atom is -0.486 e. The first kappa shape index (κ1) is 10.3. The lowest BCUT2D eigenvalue weighted by molar-refractivity contribution is 0.171. The predicted molar refractivity (Wildman–Crippen MR) is 58.3 cm³/mol. The summed E-state index contributed by atoms with van der Waals surface area (Å²) in [6.45, 7) is 1.26. The number of benzene rings is 1. The normalized spacial score (nSPS) is 14.3. The Bertz CT molecular complexity index is 337. The molecule has 0 aliphatic carbocycles. The summed E-state index contributed by atoms with van der Waals surface area (Å²) in [5.41, 5.74) is 1.14. The van der Waals surface area contributed by atoms with E-state index >= 15 is 0 Å². The molecule has 1 aromatic carbocycles. The second kappa shape index (κ2) is 4.51. The molecule has 0 radical (unpaired) electrons. The first-order valence-electron chi connectivity index (χ1n) is 5.09. The van der Waals surface area contributed by atoms with E-state index in [-0.39, 0.29) is 6.17 Å². The Morgan fingerprint density at radius 3 is 2.40 bits per heavy atom. The van der Waals surface area contributed by atoms with Crippen molar-refractivity contribution in [2.75, 3.05) is 27.3 Å². The predicted octanol–water partition coefficient (Wildman–Crippen LogP) is 0.895. The third-order valence-corrected chi connectivity index (χ3v) is 2.48. The summed E-state index contributed by atoms with van der Waals surface area (Å²) >= 11 is 0. The van der Waals surface area contributed by atoms with Crippen molar-refractivity contribution in [2.45, 2.75) is 6.17 Å². The summed E-state index contributed by atoms with van der Waals surface area (Å²) in [7, 11) is 3.83. The zero-order valence-corrected chi connectivity index (χ0v) is 9.04. The van der Waals surface area contributed by atoms with Gasteiger partial charge in [0.1, 0.15) is 13.2 Å². The number of hydrogen-bond donors (Lipinski definition) is 2. The van der Waals surface area contributed by atoms with Crippen LogP contribution in [0.15, 0.2) is 18.2 Å². The van der Waals surface area contributed by atoms with Gasteiger partial charge in [0.05, 0.1) is 6.17 Å². The molecule has 82 valence electrons. The molecule has 1 aromatic rings. The van der Waals surface area contributed by atoms with Crippen molar-refractivity contribution in [3.8, 4) is 11.5 Å². The van der Waals surface area contributed by atoms with Crippen molar-refractivity contribution in [3.05, 3.63) is 23.8 Å². The lowest BCUT2D eigenvalue weighted by Gasteiger charge is -2.21. The fourth-order valence-electron chi connectivity index (χ4n) is 1.72. The smallest absolute Gasteiger partial charge is 0.161 e. The molecule has 1 aliphatic heterocycles. The fraction of sp³-hybridized carbons (Fsp3) is 0.455. The van der Waals surface area contributed by atoms with Gasteiger partial charge in [0.15, 0.2) is 11.5 Å². The lowest BCUT2D eigenvalue weighted by Crippen LogP contribution is -2.28. The Hall–Kier alpha value is -1.26. The second-order valence-corrected chi connectivity index (χ2v) is 3.41. The molecule has 0 fully saturated rings. The number of ether oxygens (including phenoxy) is 2. The Morgan fingerprint density at radius 2 is 1.73 bits per heavy atom. The van der Waals surface area contributed by atoms with E-state index in [9.17, 15) is 0 Å². The molecule has 2 N–H and O–H groups in total. The fourth-order valence-corrected chi connectivity index (χ4v) is 1.72. The van der Waals surface area contributed by atoms with Gasteiger partial charge in [0.2, 0.25) is 0 Å². The molecule has 2 rings (SSSR count). The van der Waals surface area contributed by atoms with Crippen LogP contribution < -0.4 is 20.1 Å². The zero-order chi connectivity index (χ0) is 10.7. The van der Waals surface area contributed by atoms with Gasteiger partial charge < -0.3 is 20.1 Å². The maximum Gasteiger partial charge on any atom is 0.161 e. The summed E-state index contributed by atoms with van der Waals surface area (Å²) in [6.07, 6.45) is 0.140. The summed E-state index contributed by atoms with van der Waals surface area (Å²) in [5, 5.41) is 6.33. The van der Waals surface area contributed by atoms with Crippen molar-refractivity contribution in [3.63, 3.8) is 0 Å². The van der Waals surface area contributed by atoms with E-state index in [1.54, 1.807) is 0 Å². The summed E-state index contributed by atoms with van der Waals surface area (Å²) in [6, 6.07) is 5.99. The molecule has 0 atom stereocenters. The van der Waals surface area contributed by atoms with Crippen LogP contribution in [0.3, 0.4) is 0 Å². The molecular weight excluding hydrogens is 192 g/mol. The van der Waals surface area contributed by atoms with Crippen molar-refractivity contribution in [1.29, 1.82) is 0 Å². The minimum atomic E-state index is 0.140. The minimum absolute atomic E-state index is 0.140. The van der Waals surface area contributed by atoms with E-state index in [4.69, 9.17) is 9.47 Å². The molecule has 4 heteroatoms. The highest BCUT2D eigenvalue weighted by Gasteiger charge is 2.14. The van der Waals surface area contributed by atoms with E-state index in [1.807, 2.05) is 32.3 Å². The van der Waals surface area contributed by atoms with E-state index in [0.717, 1.165) is 17.1 Å². The monoisotopic (exact) mass is 208 g/mol. The molecule has 0 bridgehead atoms. The van der Waals surface area contributed by atoms with Crippen molar-refractivity contribution in [2.24, 2.45) is 0 Å². The van der Waals surface area contributed by atoms with Gasteiger partial charge in [0, 0.05) is 0 Å². The number of rotatable bonds is 3. The van der Waals surface area contributed by atoms with E-state index in [0.29, 0.717) is 13.2 Å². The van der Waals surface area contributed by atoms with Crippen LogP contribution in [0, 0.1) is 0 Å². The molecule has 0 saturated heterocycles. The molecule has 0 aromatic heterocycles. The highest BCUT2D eigenvalue weighted by Crippen LogP contribution is 2.31. The third-order valence-electron chi connectivity index (χ3n) is 2.48. The van der Waals surface area contributed by atoms with Crippen LogP contribution in [0.4, 0.5) is 0 Å². The van der Waals surface area contributed by atoms with E-state index < -0.39 is 0 Å². The van der Waals surface area contributed by atoms with Crippen LogP contribution in [0.5, 0.6) is 11.5 Å². The van der Waals surface area contributed by atoms with Crippen molar-refractivity contribution in [1.82, 2.24) is 10.6 Å². The molecule has 4 nitrogen and oxygen atoms in total. The number of nitrogens with one attached hydrogen (secondary N) is 2. The molecule has 1 heterocycles. The van der Waals surface area contributed by atoms with Crippen LogP contribution in [0.25, 0.3) is 0 Å². The number of hydrogen-bond acceptors (Lipinski definition) is 4. The molecular formula is C11H16N2O2. The van der Waals surface area contributed by atoms with Crippen molar-refractivity contribution >= 4 is 0 Å². The maximum atomic E-state index is 5.52. The average molecular weight is 208 g/mol. The van der Waals surface area contributed by atoms with E-state index in [1.165, 1.54) is 0 Å². The summed E-state index contributed by atoms with van der Waals surface area (Å²) in [4.78, 5) is 0. The SMILES string of the molecule is CNC(NC)c1ccc2c(c1)OCCO2. The van der Waals surface area contributed by atoms with Gasteiger partial charge in [0.25, 0.3) is 0 Å². The largest absolute Gasteiger partial charge is 0.486 e. The Morgan fingerprint density at radius 1 is 1.07 bits per heavy atom. The quantitative estimate of drug-likeness (QED) is 0.724. The highest BCUT2D eigenvalue weighted by atomic mass is 16.6. The Balaban J connectivity index is 2.27. The molecule has 0 saturated carbocycles. The summed E-state index contributed by atoms with van der Waals surface area (Å²) < 4.78 is 11.0. The molecule has 1 aliphatic rings. The van der Waals surface area contributed by atoms with Gasteiger partial charge in [-0.15, -0.1) is 0 Å². The maximum absolute atomic E-state index is 5.52. The van der Waals surface area contributed by atoms with Crippen LogP contribution in [-0.2, 0) is 0 Å². The average Bonchev–Trinajstić information content (AvgIpc) is 2.30. The molecule has 0 unspecified atom stereocenters. The first-order valence-corrected chi connectivity index (χ1v) is 5.09. The van der Waals surface area contributed by atoms with Crippen molar-refractivity contribution < 1.29 is 9.47 Å². The zero-order valence-electron chi connectivity index (χ0n) is 9.04. The van der Waals surface area contributed by atoms with Gasteiger partial charge >= 0.3 is 0 Å². The Kier molecular flexibility index (Phi) is 3.08. The topological polar surface area (TPSA) is 42.5 Å². The van der Waals surface area contributed by atoms with Crippen LogP contribution in [0.1, 0.15) is 11.7 Å². The van der Waals surface area contributed by atoms with Gasteiger partial charge in [-0.25, -0.2) is 0 Å². The lowest BCUT2D eigenvalue weighted by atomic mass is 10.1. The van der Waals surface area contributed by atoms with Crippen LogP contribution in [0.2, 0.25) is 0 Å². The summed E-state index contributed by atoms with van der Waals surface area (Å²) in [5.74, 6) is 1.66. The highest BCUT2D eigenvalue weighted by molar-refractivity contribution is 5.44. The molecule has 0 amide bonds. The molecule has 0 spiro atoms. The first-order chi connectivity index (χ1) is 7.35.